The Labute approximate surface area is 105 Å². The maximum atomic E-state index is 11.9. The first-order valence-corrected chi connectivity index (χ1v) is 6.13. The van der Waals surface area contributed by atoms with Crippen LogP contribution in [0.5, 0.6) is 5.75 Å². The van der Waals surface area contributed by atoms with Gasteiger partial charge in [-0.25, -0.2) is 4.98 Å². The Morgan fingerprint density at radius 2 is 2.17 bits per heavy atom. The number of hydrogen-bond acceptors (Lipinski definition) is 3. The largest absolute Gasteiger partial charge is 0.424 e. The molecule has 0 unspecified atom stereocenters. The molecule has 2 aromatic rings. The third-order valence-corrected chi connectivity index (χ3v) is 3.30. The van der Waals surface area contributed by atoms with E-state index in [4.69, 9.17) is 4.74 Å². The minimum Gasteiger partial charge on any atom is -0.424 e. The molecule has 4 heteroatoms. The summed E-state index contributed by atoms with van der Waals surface area (Å²) in [6.07, 6.45) is 8.25. The predicted octanol–water partition coefficient (Wildman–Crippen LogP) is 2.58. The van der Waals surface area contributed by atoms with Gasteiger partial charge in [0.1, 0.15) is 0 Å². The molecule has 0 spiro atoms. The zero-order valence-electron chi connectivity index (χ0n) is 9.95. The lowest BCUT2D eigenvalue weighted by atomic mass is 9.86. The molecule has 18 heavy (non-hydrogen) atoms. The van der Waals surface area contributed by atoms with Gasteiger partial charge in [-0.05, 0) is 25.0 Å². The van der Waals surface area contributed by atoms with Gasteiger partial charge in [0.25, 0.3) is 0 Å². The van der Waals surface area contributed by atoms with Gasteiger partial charge in [0.2, 0.25) is 0 Å². The molecule has 0 radical (unpaired) electrons. The smallest absolute Gasteiger partial charge is 0.314 e. The van der Waals surface area contributed by atoms with Crippen molar-refractivity contribution in [1.29, 1.82) is 0 Å². The van der Waals surface area contributed by atoms with Crippen LogP contribution < -0.4 is 4.74 Å². The topological polar surface area (TPSA) is 44.1 Å². The van der Waals surface area contributed by atoms with E-state index in [1.54, 1.807) is 12.5 Å². The van der Waals surface area contributed by atoms with E-state index in [0.717, 1.165) is 24.9 Å². The van der Waals surface area contributed by atoms with Crippen molar-refractivity contribution in [2.75, 3.05) is 0 Å². The molecule has 0 bridgehead atoms. The number of hydrogen-bond donors (Lipinski definition) is 0. The SMILES string of the molecule is O=C(Oc1ccccc1-n1ccnc1)C1CCC1. The quantitative estimate of drug-likeness (QED) is 0.613. The highest BCUT2D eigenvalue weighted by molar-refractivity contribution is 5.77. The van der Waals surface area contributed by atoms with Crippen LogP contribution in [0.25, 0.3) is 5.69 Å². The van der Waals surface area contributed by atoms with Gasteiger partial charge in [-0.15, -0.1) is 0 Å². The molecule has 1 saturated carbocycles. The van der Waals surface area contributed by atoms with Gasteiger partial charge in [0.05, 0.1) is 17.9 Å². The average Bonchev–Trinajstić information content (AvgIpc) is 2.80. The lowest BCUT2D eigenvalue weighted by Crippen LogP contribution is -2.26. The van der Waals surface area contributed by atoms with Gasteiger partial charge >= 0.3 is 5.97 Å². The van der Waals surface area contributed by atoms with Crippen molar-refractivity contribution in [3.63, 3.8) is 0 Å². The molecule has 92 valence electrons. The monoisotopic (exact) mass is 242 g/mol. The minimum absolute atomic E-state index is 0.0841. The number of carbonyl (C=O) groups excluding carboxylic acids is 1. The number of carbonyl (C=O) groups is 1. The number of rotatable bonds is 3. The summed E-state index contributed by atoms with van der Waals surface area (Å²) in [6, 6.07) is 7.50. The fourth-order valence-electron chi connectivity index (χ4n) is 1.99. The highest BCUT2D eigenvalue weighted by Crippen LogP contribution is 2.30. The Morgan fingerprint density at radius 3 is 2.83 bits per heavy atom. The van der Waals surface area contributed by atoms with Crippen LogP contribution in [0.15, 0.2) is 43.0 Å². The van der Waals surface area contributed by atoms with Crippen molar-refractivity contribution in [2.45, 2.75) is 19.3 Å². The Morgan fingerprint density at radius 1 is 1.33 bits per heavy atom. The summed E-state index contributed by atoms with van der Waals surface area (Å²) in [4.78, 5) is 15.9. The molecule has 1 aliphatic carbocycles. The van der Waals surface area contributed by atoms with Crippen LogP contribution >= 0.6 is 0 Å². The van der Waals surface area contributed by atoms with E-state index in [1.165, 1.54) is 0 Å². The molecule has 3 rings (SSSR count). The van der Waals surface area contributed by atoms with E-state index in [-0.39, 0.29) is 11.9 Å². The van der Waals surface area contributed by atoms with E-state index < -0.39 is 0 Å². The summed E-state index contributed by atoms with van der Waals surface area (Å²) in [5.74, 6) is 0.557. The molecule has 1 aliphatic rings. The highest BCUT2D eigenvalue weighted by Gasteiger charge is 2.27. The van der Waals surface area contributed by atoms with E-state index in [0.29, 0.717) is 5.75 Å². The second-order valence-corrected chi connectivity index (χ2v) is 4.49. The number of imidazole rings is 1. The maximum Gasteiger partial charge on any atom is 0.314 e. The summed E-state index contributed by atoms with van der Waals surface area (Å²) >= 11 is 0. The lowest BCUT2D eigenvalue weighted by Gasteiger charge is -2.23. The van der Waals surface area contributed by atoms with Crippen LogP contribution in [-0.2, 0) is 4.79 Å². The molecule has 0 N–H and O–H groups in total. The van der Waals surface area contributed by atoms with Crippen LogP contribution in [0.3, 0.4) is 0 Å². The Balaban J connectivity index is 1.85. The third kappa shape index (κ3) is 2.01. The molecule has 0 amide bonds. The lowest BCUT2D eigenvalue weighted by molar-refractivity contribution is -0.141. The molecule has 1 fully saturated rings. The molecular formula is C14H14N2O2. The van der Waals surface area contributed by atoms with E-state index in [1.807, 2.05) is 35.0 Å². The molecule has 0 atom stereocenters. The Hall–Kier alpha value is -2.10. The number of aromatic nitrogens is 2. The fourth-order valence-corrected chi connectivity index (χ4v) is 1.99. The number of ether oxygens (including phenoxy) is 1. The Bertz CT molecular complexity index is 545. The van der Waals surface area contributed by atoms with Crippen molar-refractivity contribution in [3.05, 3.63) is 43.0 Å². The number of esters is 1. The third-order valence-electron chi connectivity index (χ3n) is 3.30. The molecule has 4 nitrogen and oxygen atoms in total. The van der Waals surface area contributed by atoms with Crippen LogP contribution in [0, 0.1) is 5.92 Å². The summed E-state index contributed by atoms with van der Waals surface area (Å²) in [7, 11) is 0. The zero-order valence-corrected chi connectivity index (χ0v) is 9.95. The fraction of sp³-hybridized carbons (Fsp3) is 0.286. The predicted molar refractivity (Wildman–Crippen MR) is 66.5 cm³/mol. The van der Waals surface area contributed by atoms with Gasteiger partial charge in [-0.3, -0.25) is 4.79 Å². The number of para-hydroxylation sites is 2. The van der Waals surface area contributed by atoms with Crippen molar-refractivity contribution in [1.82, 2.24) is 9.55 Å². The summed E-state index contributed by atoms with van der Waals surface area (Å²) in [6.45, 7) is 0. The first kappa shape index (κ1) is 11.0. The molecular weight excluding hydrogens is 228 g/mol. The number of benzene rings is 1. The van der Waals surface area contributed by atoms with Crippen molar-refractivity contribution >= 4 is 5.97 Å². The first-order chi connectivity index (χ1) is 8.84. The van der Waals surface area contributed by atoms with Gasteiger partial charge in [0, 0.05) is 12.4 Å². The zero-order chi connectivity index (χ0) is 12.4. The molecule has 0 saturated heterocycles. The first-order valence-electron chi connectivity index (χ1n) is 6.13. The summed E-state index contributed by atoms with van der Waals surface area (Å²) < 4.78 is 7.32. The van der Waals surface area contributed by atoms with Gasteiger partial charge < -0.3 is 9.30 Å². The molecule has 1 aromatic carbocycles. The molecule has 0 aliphatic heterocycles. The highest BCUT2D eigenvalue weighted by atomic mass is 16.5. The van der Waals surface area contributed by atoms with E-state index in [9.17, 15) is 4.79 Å². The normalized spacial score (nSPS) is 15.1. The van der Waals surface area contributed by atoms with E-state index in [2.05, 4.69) is 4.98 Å². The summed E-state index contributed by atoms with van der Waals surface area (Å²) in [5.41, 5.74) is 0.836. The number of nitrogens with zero attached hydrogens (tertiary/aromatic N) is 2. The second kappa shape index (κ2) is 4.64. The van der Waals surface area contributed by atoms with Gasteiger partial charge in [0.15, 0.2) is 5.75 Å². The Kier molecular flexibility index (Phi) is 2.84. The van der Waals surface area contributed by atoms with Crippen molar-refractivity contribution < 1.29 is 9.53 Å². The van der Waals surface area contributed by atoms with Gasteiger partial charge in [-0.2, -0.15) is 0 Å². The summed E-state index contributed by atoms with van der Waals surface area (Å²) in [5, 5.41) is 0. The van der Waals surface area contributed by atoms with Crippen LogP contribution in [0.2, 0.25) is 0 Å². The average molecular weight is 242 g/mol. The second-order valence-electron chi connectivity index (χ2n) is 4.49. The standard InChI is InChI=1S/C14H14N2O2/c17-14(11-4-3-5-11)18-13-7-2-1-6-12(13)16-9-8-15-10-16/h1-2,6-11H,3-5H2. The van der Waals surface area contributed by atoms with Crippen molar-refractivity contribution in [2.24, 2.45) is 5.92 Å². The maximum absolute atomic E-state index is 11.9. The van der Waals surface area contributed by atoms with Crippen molar-refractivity contribution in [3.8, 4) is 11.4 Å². The van der Waals surface area contributed by atoms with Gasteiger partial charge in [-0.1, -0.05) is 18.6 Å². The van der Waals surface area contributed by atoms with E-state index >= 15 is 0 Å². The van der Waals surface area contributed by atoms with Crippen LogP contribution in [-0.4, -0.2) is 15.5 Å². The molecule has 1 aromatic heterocycles. The van der Waals surface area contributed by atoms with Crippen LogP contribution in [0.4, 0.5) is 0 Å². The minimum atomic E-state index is -0.117. The van der Waals surface area contributed by atoms with Crippen LogP contribution in [0.1, 0.15) is 19.3 Å². The molecule has 1 heterocycles.